The summed E-state index contributed by atoms with van der Waals surface area (Å²) in [5.74, 6) is 6.78. The van der Waals surface area contributed by atoms with E-state index in [9.17, 15) is 14.7 Å². The van der Waals surface area contributed by atoms with Gasteiger partial charge in [-0.3, -0.25) is 9.78 Å². The zero-order chi connectivity index (χ0) is 26.1. The number of carbonyl (C=O) groups is 2. The van der Waals surface area contributed by atoms with Crippen molar-refractivity contribution in [2.75, 3.05) is 25.6 Å². The van der Waals surface area contributed by atoms with Crippen molar-refractivity contribution in [3.63, 3.8) is 0 Å². The molecule has 0 fully saturated rings. The van der Waals surface area contributed by atoms with Crippen molar-refractivity contribution in [2.45, 2.75) is 25.5 Å². The molecule has 0 aliphatic heterocycles. The minimum atomic E-state index is -1.11. The normalized spacial score (nSPS) is 11.5. The van der Waals surface area contributed by atoms with E-state index >= 15 is 0 Å². The molecule has 0 aliphatic carbocycles. The number of nitrogens with one attached hydrogen (secondary N) is 1. The third-order valence-corrected chi connectivity index (χ3v) is 4.80. The first kappa shape index (κ1) is 26.3. The van der Waals surface area contributed by atoms with Crippen LogP contribution in [0.4, 0.5) is 5.69 Å². The number of hydrogen-bond donors (Lipinski definition) is 2. The Kier molecular flexibility index (Phi) is 8.66. The van der Waals surface area contributed by atoms with Crippen LogP contribution >= 0.6 is 0 Å². The third kappa shape index (κ3) is 7.86. The monoisotopic (exact) mass is 487 g/mol. The summed E-state index contributed by atoms with van der Waals surface area (Å²) in [6.07, 6.45) is 2.08. The number of aromatic nitrogens is 1. The Bertz CT molecular complexity index is 1260. The molecule has 3 aromatic rings. The number of nitrogens with zero attached hydrogens (tertiary/aromatic N) is 2. The second-order valence-corrected chi connectivity index (χ2v) is 8.70. The van der Waals surface area contributed by atoms with Crippen LogP contribution in [-0.2, 0) is 4.79 Å². The Hall–Kier alpha value is -4.35. The van der Waals surface area contributed by atoms with Crippen molar-refractivity contribution in [3.05, 3.63) is 78.1 Å². The number of hydrogen-bond acceptors (Lipinski definition) is 7. The van der Waals surface area contributed by atoms with Gasteiger partial charge in [-0.15, -0.1) is 0 Å². The Morgan fingerprint density at radius 1 is 1.14 bits per heavy atom. The van der Waals surface area contributed by atoms with Crippen molar-refractivity contribution >= 4 is 17.9 Å². The largest absolute Gasteiger partial charge is 0.489 e. The van der Waals surface area contributed by atoms with Gasteiger partial charge in [0.1, 0.15) is 47.5 Å². The lowest BCUT2D eigenvalue weighted by Crippen LogP contribution is -2.40. The molecule has 1 atom stereocenters. The van der Waals surface area contributed by atoms with Gasteiger partial charge in [0.25, 0.3) is 5.91 Å². The summed E-state index contributed by atoms with van der Waals surface area (Å²) in [7, 11) is 3.70. The van der Waals surface area contributed by atoms with Crippen molar-refractivity contribution < 1.29 is 24.2 Å². The maximum atomic E-state index is 12.7. The molecule has 0 saturated heterocycles. The van der Waals surface area contributed by atoms with Gasteiger partial charge in [0.15, 0.2) is 0 Å². The van der Waals surface area contributed by atoms with Crippen molar-refractivity contribution in [1.82, 2.24) is 10.3 Å². The van der Waals surface area contributed by atoms with Gasteiger partial charge in [-0.2, -0.15) is 0 Å². The van der Waals surface area contributed by atoms with E-state index in [0.717, 1.165) is 5.69 Å². The molecule has 0 spiro atoms. The van der Waals surface area contributed by atoms with Gasteiger partial charge in [-0.25, -0.2) is 0 Å². The molecule has 2 N–H and O–H groups in total. The Morgan fingerprint density at radius 3 is 2.56 bits per heavy atom. The van der Waals surface area contributed by atoms with Crippen LogP contribution in [0.15, 0.2) is 66.9 Å². The molecular formula is C28H29N3O5. The molecule has 0 saturated carbocycles. The number of carbonyl (C=O) groups excluding carboxylic acids is 2. The second kappa shape index (κ2) is 11.9. The Morgan fingerprint density at radius 2 is 1.89 bits per heavy atom. The predicted octanol–water partition coefficient (Wildman–Crippen LogP) is 3.44. The first-order valence-electron chi connectivity index (χ1n) is 11.3. The van der Waals surface area contributed by atoms with E-state index in [1.165, 1.54) is 12.3 Å². The van der Waals surface area contributed by atoms with E-state index in [0.29, 0.717) is 29.1 Å². The molecule has 0 bridgehead atoms. The summed E-state index contributed by atoms with van der Waals surface area (Å²) in [4.78, 5) is 30.3. The number of aliphatic hydroxyl groups is 1. The molecule has 8 heteroatoms. The number of rotatable bonds is 9. The first-order chi connectivity index (χ1) is 17.1. The van der Waals surface area contributed by atoms with Gasteiger partial charge < -0.3 is 29.6 Å². The molecule has 3 rings (SSSR count). The van der Waals surface area contributed by atoms with E-state index < -0.39 is 17.6 Å². The highest BCUT2D eigenvalue weighted by Crippen LogP contribution is 2.28. The predicted molar refractivity (Wildman–Crippen MR) is 138 cm³/mol. The minimum absolute atomic E-state index is 0.0784. The molecular weight excluding hydrogens is 458 g/mol. The minimum Gasteiger partial charge on any atom is -0.489 e. The third-order valence-electron chi connectivity index (χ3n) is 4.80. The van der Waals surface area contributed by atoms with Crippen molar-refractivity contribution in [3.8, 4) is 29.1 Å². The van der Waals surface area contributed by atoms with Gasteiger partial charge in [0, 0.05) is 31.9 Å². The van der Waals surface area contributed by atoms with Crippen LogP contribution in [0.2, 0.25) is 0 Å². The molecule has 1 unspecified atom stereocenters. The number of anilines is 1. The van der Waals surface area contributed by atoms with Crippen LogP contribution < -0.4 is 19.7 Å². The van der Waals surface area contributed by atoms with Crippen LogP contribution in [-0.4, -0.2) is 54.6 Å². The van der Waals surface area contributed by atoms with E-state index in [1.54, 1.807) is 44.2 Å². The summed E-state index contributed by atoms with van der Waals surface area (Å²) >= 11 is 0. The lowest BCUT2D eigenvalue weighted by atomic mass is 10.1. The van der Waals surface area contributed by atoms with Gasteiger partial charge in [0.2, 0.25) is 0 Å². The summed E-state index contributed by atoms with van der Waals surface area (Å²) < 4.78 is 11.6. The Labute approximate surface area is 210 Å². The maximum absolute atomic E-state index is 12.7. The van der Waals surface area contributed by atoms with Gasteiger partial charge in [0.05, 0.1) is 5.69 Å². The van der Waals surface area contributed by atoms with Crippen LogP contribution in [0, 0.1) is 11.8 Å². The topological polar surface area (TPSA) is 101 Å². The zero-order valence-electron chi connectivity index (χ0n) is 20.7. The SMILES string of the molecule is CN(C)c1cc(C#CC(C)(C)O)ccc1OCC(C=O)NC(=O)c1cc(Oc2ccccc2)ccn1. The van der Waals surface area contributed by atoms with Gasteiger partial charge in [-0.1, -0.05) is 30.0 Å². The average Bonchev–Trinajstić information content (AvgIpc) is 2.85. The van der Waals surface area contributed by atoms with E-state index in [1.807, 2.05) is 43.3 Å². The highest BCUT2D eigenvalue weighted by molar-refractivity contribution is 5.94. The number of para-hydroxylation sites is 1. The number of ether oxygens (including phenoxy) is 2. The van der Waals surface area contributed by atoms with Crippen LogP contribution in [0.3, 0.4) is 0 Å². The molecule has 0 aliphatic rings. The van der Waals surface area contributed by atoms with Crippen LogP contribution in [0.1, 0.15) is 29.9 Å². The molecule has 186 valence electrons. The first-order valence-corrected chi connectivity index (χ1v) is 11.3. The van der Waals surface area contributed by atoms with Crippen molar-refractivity contribution in [1.29, 1.82) is 0 Å². The summed E-state index contributed by atoms with van der Waals surface area (Å²) in [6.45, 7) is 3.14. The summed E-state index contributed by atoms with van der Waals surface area (Å²) in [6, 6.07) is 16.7. The standard InChI is InChI=1S/C28H29N3O5/c1-28(2,34)14-12-20-10-11-26(25(16-20)31(3)4)35-19-21(18-32)30-27(33)24-17-23(13-15-29-24)36-22-8-6-5-7-9-22/h5-11,13,15-18,21,34H,19H2,1-4H3,(H,30,33). The molecule has 8 nitrogen and oxygen atoms in total. The van der Waals surface area contributed by atoms with E-state index in [2.05, 4.69) is 22.1 Å². The summed E-state index contributed by atoms with van der Waals surface area (Å²) in [5.41, 5.74) is 0.447. The highest BCUT2D eigenvalue weighted by Gasteiger charge is 2.17. The smallest absolute Gasteiger partial charge is 0.270 e. The lowest BCUT2D eigenvalue weighted by Gasteiger charge is -2.20. The zero-order valence-corrected chi connectivity index (χ0v) is 20.7. The number of benzene rings is 2. The van der Waals surface area contributed by atoms with Crippen LogP contribution in [0.5, 0.6) is 17.2 Å². The lowest BCUT2D eigenvalue weighted by molar-refractivity contribution is -0.110. The molecule has 36 heavy (non-hydrogen) atoms. The van der Waals surface area contributed by atoms with Crippen LogP contribution in [0.25, 0.3) is 0 Å². The second-order valence-electron chi connectivity index (χ2n) is 8.70. The molecule has 1 heterocycles. The summed E-state index contributed by atoms with van der Waals surface area (Å²) in [5, 5.41) is 12.5. The van der Waals surface area contributed by atoms with Crippen molar-refractivity contribution in [2.24, 2.45) is 0 Å². The van der Waals surface area contributed by atoms with E-state index in [-0.39, 0.29) is 12.3 Å². The molecule has 1 aromatic heterocycles. The van der Waals surface area contributed by atoms with Gasteiger partial charge in [-0.05, 0) is 50.2 Å². The van der Waals surface area contributed by atoms with E-state index in [4.69, 9.17) is 9.47 Å². The highest BCUT2D eigenvalue weighted by atomic mass is 16.5. The average molecular weight is 488 g/mol. The fourth-order valence-corrected chi connectivity index (χ4v) is 3.05. The molecule has 1 amide bonds. The maximum Gasteiger partial charge on any atom is 0.270 e. The number of amides is 1. The number of pyridine rings is 1. The fraction of sp³-hybridized carbons (Fsp3) is 0.250. The fourth-order valence-electron chi connectivity index (χ4n) is 3.05. The number of aldehydes is 1. The molecule has 0 radical (unpaired) electrons. The quantitative estimate of drug-likeness (QED) is 0.352. The Balaban J connectivity index is 1.66. The van der Waals surface area contributed by atoms with Gasteiger partial charge >= 0.3 is 0 Å². The molecule has 2 aromatic carbocycles.